The number of aromatic amines is 1. The molecule has 0 bridgehead atoms. The van der Waals surface area contributed by atoms with Crippen molar-refractivity contribution in [2.24, 2.45) is 10.9 Å². The number of H-pyrrole nitrogens is 1. The van der Waals surface area contributed by atoms with Crippen molar-refractivity contribution in [3.63, 3.8) is 0 Å². The SMILES string of the molecule is COC(=CC=NCNC(=O)C1CCC(NC(=O)c2ccc3[nH]nc(-c4ccnc(C)c4)c3c2)CN1Cc1c(C)cccc1OC)C1CC1. The zero-order valence-electron chi connectivity index (χ0n) is 28.0. The number of benzene rings is 2. The molecule has 11 nitrogen and oxygen atoms in total. The van der Waals surface area contributed by atoms with Gasteiger partial charge in [-0.3, -0.25) is 29.6 Å². The summed E-state index contributed by atoms with van der Waals surface area (Å²) in [4.78, 5) is 38.0. The van der Waals surface area contributed by atoms with Crippen molar-refractivity contribution >= 4 is 28.9 Å². The van der Waals surface area contributed by atoms with E-state index in [1.54, 1.807) is 26.6 Å². The Morgan fingerprint density at radius 1 is 1.08 bits per heavy atom. The van der Waals surface area contributed by atoms with Gasteiger partial charge < -0.3 is 20.1 Å². The van der Waals surface area contributed by atoms with Crippen LogP contribution in [0.5, 0.6) is 5.75 Å². The van der Waals surface area contributed by atoms with Crippen LogP contribution in [0.2, 0.25) is 0 Å². The molecule has 250 valence electrons. The van der Waals surface area contributed by atoms with E-state index in [1.807, 2.05) is 68.5 Å². The number of hydrogen-bond acceptors (Lipinski definition) is 8. The normalized spacial score (nSPS) is 18.6. The van der Waals surface area contributed by atoms with Crippen molar-refractivity contribution in [1.29, 1.82) is 0 Å². The highest BCUT2D eigenvalue weighted by Crippen LogP contribution is 2.36. The maximum Gasteiger partial charge on any atom is 0.251 e. The van der Waals surface area contributed by atoms with Crippen molar-refractivity contribution in [2.75, 3.05) is 27.4 Å². The number of rotatable bonds is 12. The van der Waals surface area contributed by atoms with Gasteiger partial charge in [-0.1, -0.05) is 12.1 Å². The zero-order chi connectivity index (χ0) is 33.6. The molecule has 0 radical (unpaired) electrons. The molecule has 1 aliphatic heterocycles. The molecule has 1 saturated heterocycles. The van der Waals surface area contributed by atoms with Crippen molar-refractivity contribution in [3.05, 3.63) is 88.9 Å². The van der Waals surface area contributed by atoms with E-state index in [2.05, 4.69) is 35.7 Å². The van der Waals surface area contributed by atoms with E-state index in [1.165, 1.54) is 0 Å². The first-order valence-electron chi connectivity index (χ1n) is 16.4. The summed E-state index contributed by atoms with van der Waals surface area (Å²) in [6.07, 6.45) is 8.85. The fraction of sp³-hybridized carbons (Fsp3) is 0.378. The highest BCUT2D eigenvalue weighted by atomic mass is 16.5. The lowest BCUT2D eigenvalue weighted by Gasteiger charge is -2.39. The van der Waals surface area contributed by atoms with Gasteiger partial charge in [0.15, 0.2) is 0 Å². The van der Waals surface area contributed by atoms with Gasteiger partial charge in [0, 0.05) is 65.2 Å². The fourth-order valence-corrected chi connectivity index (χ4v) is 6.40. The molecule has 2 unspecified atom stereocenters. The van der Waals surface area contributed by atoms with Gasteiger partial charge in [0.1, 0.15) is 23.9 Å². The van der Waals surface area contributed by atoms with Gasteiger partial charge in [0.2, 0.25) is 5.91 Å². The Morgan fingerprint density at radius 3 is 2.71 bits per heavy atom. The van der Waals surface area contributed by atoms with E-state index in [0.717, 1.165) is 63.3 Å². The van der Waals surface area contributed by atoms with Crippen LogP contribution in [0.4, 0.5) is 0 Å². The van der Waals surface area contributed by atoms with Gasteiger partial charge in [-0.05, 0) is 87.6 Å². The van der Waals surface area contributed by atoms with E-state index >= 15 is 0 Å². The van der Waals surface area contributed by atoms with E-state index < -0.39 is 0 Å². The number of likely N-dealkylation sites (tertiary alicyclic amines) is 1. The summed E-state index contributed by atoms with van der Waals surface area (Å²) in [6, 6.07) is 14.9. The predicted octanol–water partition coefficient (Wildman–Crippen LogP) is 5.10. The maximum absolute atomic E-state index is 13.6. The van der Waals surface area contributed by atoms with Crippen LogP contribution in [0.1, 0.15) is 52.9 Å². The van der Waals surface area contributed by atoms with Crippen LogP contribution in [-0.4, -0.2) is 77.6 Å². The number of pyridine rings is 1. The number of carbonyl (C=O) groups excluding carboxylic acids is 2. The molecule has 2 fully saturated rings. The van der Waals surface area contributed by atoms with Gasteiger partial charge in [0.05, 0.1) is 25.8 Å². The average Bonchev–Trinajstić information content (AvgIpc) is 3.85. The van der Waals surface area contributed by atoms with E-state index in [-0.39, 0.29) is 30.6 Å². The zero-order valence-corrected chi connectivity index (χ0v) is 28.0. The quantitative estimate of drug-likeness (QED) is 0.144. The van der Waals surface area contributed by atoms with Gasteiger partial charge in [-0.15, -0.1) is 0 Å². The molecule has 2 aromatic heterocycles. The molecule has 0 spiro atoms. The van der Waals surface area contributed by atoms with Gasteiger partial charge in [0.25, 0.3) is 5.91 Å². The number of aliphatic imine (C=N–C) groups is 1. The molecule has 4 aromatic rings. The minimum atomic E-state index is -0.386. The predicted molar refractivity (Wildman–Crippen MR) is 186 cm³/mol. The molecule has 2 amide bonds. The molecule has 11 heteroatoms. The first kappa shape index (κ1) is 32.9. The molecule has 3 heterocycles. The number of nitrogens with one attached hydrogen (secondary N) is 3. The second-order valence-electron chi connectivity index (χ2n) is 12.5. The average molecular weight is 650 g/mol. The Hall–Kier alpha value is -5.03. The largest absolute Gasteiger partial charge is 0.501 e. The monoisotopic (exact) mass is 649 g/mol. The first-order valence-corrected chi connectivity index (χ1v) is 16.4. The number of allylic oxidation sites excluding steroid dienone is 2. The van der Waals surface area contributed by atoms with E-state index in [4.69, 9.17) is 9.47 Å². The summed E-state index contributed by atoms with van der Waals surface area (Å²) < 4.78 is 11.1. The minimum Gasteiger partial charge on any atom is -0.501 e. The fourth-order valence-electron chi connectivity index (χ4n) is 6.40. The Balaban J connectivity index is 1.16. The molecule has 6 rings (SSSR count). The summed E-state index contributed by atoms with van der Waals surface area (Å²) in [5, 5.41) is 14.7. The number of aromatic nitrogens is 3. The number of nitrogens with zero attached hydrogens (tertiary/aromatic N) is 4. The van der Waals surface area contributed by atoms with Crippen LogP contribution in [0.15, 0.2) is 71.6 Å². The number of piperidine rings is 1. The molecule has 1 saturated carbocycles. The highest BCUT2D eigenvalue weighted by Gasteiger charge is 2.34. The lowest BCUT2D eigenvalue weighted by atomic mass is 9.95. The van der Waals surface area contributed by atoms with E-state index in [9.17, 15) is 9.59 Å². The first-order chi connectivity index (χ1) is 23.3. The van der Waals surface area contributed by atoms with Crippen LogP contribution in [0.25, 0.3) is 22.2 Å². The van der Waals surface area contributed by atoms with Crippen molar-refractivity contribution in [1.82, 2.24) is 30.7 Å². The molecule has 2 atom stereocenters. The number of ether oxygens (including phenoxy) is 2. The van der Waals surface area contributed by atoms with Gasteiger partial charge in [-0.25, -0.2) is 0 Å². The van der Waals surface area contributed by atoms with Crippen LogP contribution in [-0.2, 0) is 16.1 Å². The second-order valence-corrected chi connectivity index (χ2v) is 12.5. The van der Waals surface area contributed by atoms with Crippen LogP contribution in [0, 0.1) is 19.8 Å². The summed E-state index contributed by atoms with van der Waals surface area (Å²) in [5.74, 6) is 1.93. The number of carbonyl (C=O) groups is 2. The molecule has 3 N–H and O–H groups in total. The van der Waals surface area contributed by atoms with Gasteiger partial charge in [-0.2, -0.15) is 5.10 Å². The van der Waals surface area contributed by atoms with Crippen LogP contribution >= 0.6 is 0 Å². The standard InChI is InChI=1S/C37H43N7O4/c1-23-6-5-7-34(48-4)30(23)21-44-20-28(11-13-32(44)37(46)40-22-38-16-15-33(47-3)25-8-9-25)41-36(45)27-10-12-31-29(19-27)35(43-42-31)26-14-17-39-24(2)18-26/h5-7,10,12,14-19,25,28,32H,8-9,11,13,20-22H2,1-4H3,(H,40,46)(H,41,45)(H,42,43). The second kappa shape index (κ2) is 14.8. The van der Waals surface area contributed by atoms with Crippen LogP contribution < -0.4 is 15.4 Å². The third kappa shape index (κ3) is 7.57. The number of hydrogen-bond donors (Lipinski definition) is 3. The topological polar surface area (TPSA) is 134 Å². The summed E-state index contributed by atoms with van der Waals surface area (Å²) in [7, 11) is 3.33. The summed E-state index contributed by atoms with van der Waals surface area (Å²) in [6.45, 7) is 5.16. The van der Waals surface area contributed by atoms with E-state index in [0.29, 0.717) is 37.4 Å². The highest BCUT2D eigenvalue weighted by molar-refractivity contribution is 6.01. The third-order valence-corrected chi connectivity index (χ3v) is 9.17. The summed E-state index contributed by atoms with van der Waals surface area (Å²) in [5.41, 5.74) is 6.10. The van der Waals surface area contributed by atoms with Crippen molar-refractivity contribution in [3.8, 4) is 17.0 Å². The number of aryl methyl sites for hydroxylation is 2. The third-order valence-electron chi connectivity index (χ3n) is 9.17. The minimum absolute atomic E-state index is 0.0908. The molecule has 48 heavy (non-hydrogen) atoms. The number of fused-ring (bicyclic) bond motifs is 1. The van der Waals surface area contributed by atoms with Crippen molar-refractivity contribution in [2.45, 2.75) is 58.2 Å². The van der Waals surface area contributed by atoms with Gasteiger partial charge >= 0.3 is 0 Å². The molecular formula is C37H43N7O4. The molecular weight excluding hydrogens is 606 g/mol. The molecule has 2 aliphatic rings. The lowest BCUT2D eigenvalue weighted by Crippen LogP contribution is -2.56. The molecule has 1 aliphatic carbocycles. The Labute approximate surface area is 280 Å². The smallest absolute Gasteiger partial charge is 0.251 e. The number of amides is 2. The Morgan fingerprint density at radius 2 is 1.94 bits per heavy atom. The summed E-state index contributed by atoms with van der Waals surface area (Å²) >= 11 is 0. The number of methoxy groups -OCH3 is 2. The lowest BCUT2D eigenvalue weighted by molar-refractivity contribution is -0.128. The Kier molecular flexibility index (Phi) is 10.1. The van der Waals surface area contributed by atoms with Crippen LogP contribution in [0.3, 0.4) is 0 Å². The Bertz CT molecular complexity index is 1840. The molecule has 2 aromatic carbocycles. The van der Waals surface area contributed by atoms with Crippen molar-refractivity contribution < 1.29 is 19.1 Å². The maximum atomic E-state index is 13.6.